The minimum atomic E-state index is -1.04. The average molecular weight is 419 g/mol. The van der Waals surface area contributed by atoms with Crippen molar-refractivity contribution < 1.29 is 14.3 Å². The molecule has 0 N–H and O–H groups in total. The Bertz CT molecular complexity index is 1330. The van der Waals surface area contributed by atoms with E-state index in [4.69, 9.17) is 9.47 Å². The molecule has 2 heterocycles. The Morgan fingerprint density at radius 3 is 1.97 bits per heavy atom. The standard InChI is InChI=1S/C28H21NO3/c1-18-14-16-19(17-15-18)29(2)23-11-7-10-22-26(23)27(30)32-28(22)20-8-3-5-12-24(20)31-25-13-6-4-9-21(25)28/h3-17H,1-2H3. The van der Waals surface area contributed by atoms with Crippen molar-refractivity contribution in [1.29, 1.82) is 0 Å². The summed E-state index contributed by atoms with van der Waals surface area (Å²) < 4.78 is 12.5. The number of para-hydroxylation sites is 2. The summed E-state index contributed by atoms with van der Waals surface area (Å²) in [5.41, 5.74) is 5.06. The van der Waals surface area contributed by atoms with E-state index in [1.54, 1.807) is 0 Å². The lowest BCUT2D eigenvalue weighted by molar-refractivity contribution is 0.0225. The zero-order chi connectivity index (χ0) is 21.9. The Hall–Kier alpha value is -4.05. The number of aryl methyl sites for hydroxylation is 1. The van der Waals surface area contributed by atoms with Gasteiger partial charge >= 0.3 is 5.97 Å². The summed E-state index contributed by atoms with van der Waals surface area (Å²) in [6.45, 7) is 2.06. The molecular formula is C28H21NO3. The molecule has 6 rings (SSSR count). The summed E-state index contributed by atoms with van der Waals surface area (Å²) in [6.07, 6.45) is 0. The van der Waals surface area contributed by atoms with Gasteiger partial charge in [0, 0.05) is 29.4 Å². The molecule has 1 spiro atoms. The van der Waals surface area contributed by atoms with Crippen LogP contribution in [0.25, 0.3) is 0 Å². The molecule has 4 aromatic rings. The summed E-state index contributed by atoms with van der Waals surface area (Å²) in [5.74, 6) is 1.06. The van der Waals surface area contributed by atoms with Crippen LogP contribution in [-0.4, -0.2) is 13.0 Å². The van der Waals surface area contributed by atoms with Crippen LogP contribution in [0.1, 0.15) is 32.6 Å². The zero-order valence-electron chi connectivity index (χ0n) is 17.8. The first-order chi connectivity index (χ1) is 15.6. The fraction of sp³-hybridized carbons (Fsp3) is 0.107. The molecule has 32 heavy (non-hydrogen) atoms. The normalized spacial score (nSPS) is 14.8. The average Bonchev–Trinajstić information content (AvgIpc) is 3.12. The highest BCUT2D eigenvalue weighted by Gasteiger charge is 2.54. The number of benzene rings is 4. The zero-order valence-corrected chi connectivity index (χ0v) is 17.8. The fourth-order valence-electron chi connectivity index (χ4n) is 4.84. The van der Waals surface area contributed by atoms with E-state index in [0.29, 0.717) is 17.1 Å². The highest BCUT2D eigenvalue weighted by molar-refractivity contribution is 6.03. The molecule has 0 radical (unpaired) electrons. The van der Waals surface area contributed by atoms with Gasteiger partial charge in [0.1, 0.15) is 11.5 Å². The monoisotopic (exact) mass is 419 g/mol. The number of carbonyl (C=O) groups excluding carboxylic acids is 1. The van der Waals surface area contributed by atoms with Crippen LogP contribution in [0.5, 0.6) is 11.5 Å². The van der Waals surface area contributed by atoms with Crippen molar-refractivity contribution in [2.45, 2.75) is 12.5 Å². The van der Waals surface area contributed by atoms with Crippen LogP contribution >= 0.6 is 0 Å². The predicted molar refractivity (Wildman–Crippen MR) is 124 cm³/mol. The molecule has 0 fully saturated rings. The van der Waals surface area contributed by atoms with Crippen molar-refractivity contribution in [2.75, 3.05) is 11.9 Å². The van der Waals surface area contributed by atoms with Crippen molar-refractivity contribution in [3.63, 3.8) is 0 Å². The third kappa shape index (κ3) is 2.47. The lowest BCUT2D eigenvalue weighted by Crippen LogP contribution is -2.32. The molecular weight excluding hydrogens is 398 g/mol. The van der Waals surface area contributed by atoms with Gasteiger partial charge in [-0.15, -0.1) is 0 Å². The molecule has 156 valence electrons. The van der Waals surface area contributed by atoms with Gasteiger partial charge < -0.3 is 14.4 Å². The third-order valence-corrected chi connectivity index (χ3v) is 6.41. The van der Waals surface area contributed by atoms with Gasteiger partial charge in [-0.2, -0.15) is 0 Å². The number of fused-ring (bicyclic) bond motifs is 6. The number of hydrogen-bond donors (Lipinski definition) is 0. The van der Waals surface area contributed by atoms with Gasteiger partial charge in [-0.25, -0.2) is 4.79 Å². The smallest absolute Gasteiger partial charge is 0.342 e. The fourth-order valence-corrected chi connectivity index (χ4v) is 4.84. The van der Waals surface area contributed by atoms with Crippen LogP contribution in [0.2, 0.25) is 0 Å². The van der Waals surface area contributed by atoms with Gasteiger partial charge in [0.2, 0.25) is 0 Å². The van der Waals surface area contributed by atoms with E-state index < -0.39 is 5.60 Å². The van der Waals surface area contributed by atoms with Crippen molar-refractivity contribution in [3.8, 4) is 11.5 Å². The van der Waals surface area contributed by atoms with E-state index in [1.165, 1.54) is 5.56 Å². The van der Waals surface area contributed by atoms with Crippen LogP contribution < -0.4 is 9.64 Å². The van der Waals surface area contributed by atoms with Crippen LogP contribution in [0.15, 0.2) is 91.0 Å². The van der Waals surface area contributed by atoms with Crippen molar-refractivity contribution in [3.05, 3.63) is 119 Å². The van der Waals surface area contributed by atoms with Crippen molar-refractivity contribution in [2.24, 2.45) is 0 Å². The predicted octanol–water partition coefficient (Wildman–Crippen LogP) is 6.33. The number of nitrogens with zero attached hydrogens (tertiary/aromatic N) is 1. The molecule has 0 aromatic heterocycles. The third-order valence-electron chi connectivity index (χ3n) is 6.41. The first-order valence-corrected chi connectivity index (χ1v) is 10.6. The number of esters is 1. The minimum absolute atomic E-state index is 0.332. The highest BCUT2D eigenvalue weighted by atomic mass is 16.6. The molecule has 2 aliphatic heterocycles. The van der Waals surface area contributed by atoms with Gasteiger partial charge in [-0.1, -0.05) is 66.2 Å². The second-order valence-electron chi connectivity index (χ2n) is 8.26. The van der Waals surface area contributed by atoms with E-state index >= 15 is 0 Å². The van der Waals surface area contributed by atoms with Crippen LogP contribution in [0.3, 0.4) is 0 Å². The van der Waals surface area contributed by atoms with Gasteiger partial charge in [-0.05, 0) is 37.3 Å². The highest BCUT2D eigenvalue weighted by Crippen LogP contribution is 2.57. The van der Waals surface area contributed by atoms with Crippen LogP contribution in [-0.2, 0) is 10.3 Å². The first-order valence-electron chi connectivity index (χ1n) is 10.6. The van der Waals surface area contributed by atoms with Crippen molar-refractivity contribution >= 4 is 17.3 Å². The molecule has 0 atom stereocenters. The maximum atomic E-state index is 13.5. The Labute approximate surface area is 186 Å². The Balaban J connectivity index is 1.61. The summed E-state index contributed by atoms with van der Waals surface area (Å²) in [5, 5.41) is 0. The Morgan fingerprint density at radius 1 is 0.719 bits per heavy atom. The summed E-state index contributed by atoms with van der Waals surface area (Å²) in [6, 6.07) is 29.8. The number of hydrogen-bond acceptors (Lipinski definition) is 4. The van der Waals surface area contributed by atoms with Gasteiger partial charge in [-0.3, -0.25) is 0 Å². The molecule has 0 aliphatic carbocycles. The Morgan fingerprint density at radius 2 is 1.31 bits per heavy atom. The largest absolute Gasteiger partial charge is 0.456 e. The summed E-state index contributed by atoms with van der Waals surface area (Å²) in [4.78, 5) is 15.5. The van der Waals surface area contributed by atoms with E-state index in [0.717, 1.165) is 28.1 Å². The summed E-state index contributed by atoms with van der Waals surface area (Å²) in [7, 11) is 1.98. The number of carbonyl (C=O) groups is 1. The number of rotatable bonds is 2. The molecule has 4 nitrogen and oxygen atoms in total. The quantitative estimate of drug-likeness (QED) is 0.356. The van der Waals surface area contributed by atoms with Crippen molar-refractivity contribution in [1.82, 2.24) is 0 Å². The molecule has 4 aromatic carbocycles. The van der Waals surface area contributed by atoms with Gasteiger partial charge in [0.25, 0.3) is 0 Å². The Kier molecular flexibility index (Phi) is 3.93. The second kappa shape index (κ2) is 6.72. The first kappa shape index (κ1) is 18.7. The van der Waals surface area contributed by atoms with E-state index in [1.807, 2.05) is 78.7 Å². The molecule has 0 unspecified atom stereocenters. The summed E-state index contributed by atoms with van der Waals surface area (Å²) >= 11 is 0. The minimum Gasteiger partial charge on any atom is -0.456 e. The molecule has 0 amide bonds. The number of ether oxygens (including phenoxy) is 2. The van der Waals surface area contributed by atoms with E-state index in [9.17, 15) is 4.79 Å². The van der Waals surface area contributed by atoms with E-state index in [2.05, 4.69) is 31.2 Å². The molecule has 0 bridgehead atoms. The number of anilines is 2. The SMILES string of the molecule is Cc1ccc(N(C)c2cccc3c2C(=O)OC32c3ccccc3Oc3ccccc32)cc1. The molecule has 2 aliphatic rings. The maximum Gasteiger partial charge on any atom is 0.342 e. The lowest BCUT2D eigenvalue weighted by Gasteiger charge is -2.36. The van der Waals surface area contributed by atoms with E-state index in [-0.39, 0.29) is 5.97 Å². The van der Waals surface area contributed by atoms with Crippen LogP contribution in [0.4, 0.5) is 11.4 Å². The lowest BCUT2D eigenvalue weighted by atomic mass is 9.77. The van der Waals surface area contributed by atoms with Crippen LogP contribution in [0, 0.1) is 6.92 Å². The molecule has 0 saturated carbocycles. The van der Waals surface area contributed by atoms with Gasteiger partial charge in [0.05, 0.1) is 11.3 Å². The maximum absolute atomic E-state index is 13.5. The van der Waals surface area contributed by atoms with Gasteiger partial charge in [0.15, 0.2) is 5.60 Å². The molecule has 4 heteroatoms. The second-order valence-corrected chi connectivity index (χ2v) is 8.26. The molecule has 0 saturated heterocycles. The topological polar surface area (TPSA) is 38.8 Å².